The zero-order valence-corrected chi connectivity index (χ0v) is 13.5. The molecule has 7 heteroatoms. The number of aromatic amines is 1. The van der Waals surface area contributed by atoms with Crippen molar-refractivity contribution >= 4 is 29.0 Å². The van der Waals surface area contributed by atoms with Gasteiger partial charge in [-0.3, -0.25) is 9.89 Å². The van der Waals surface area contributed by atoms with E-state index in [1.807, 2.05) is 11.8 Å². The standard InChI is InChI=1S/C14H18N4OS2/c1-10-15-14(17-16-10)21-9-6-13(19)18-7-2-4-11(18)12-5-3-8-20-12/h3,5,8,11H,2,4,6-7,9H2,1H3,(H,15,16,17). The third-order valence-corrected chi connectivity index (χ3v) is 5.39. The highest BCUT2D eigenvalue weighted by Gasteiger charge is 2.30. The van der Waals surface area contributed by atoms with Crippen LogP contribution in [-0.2, 0) is 4.79 Å². The number of rotatable bonds is 5. The SMILES string of the molecule is Cc1nc(SCCC(=O)N2CCCC2c2cccs2)n[nH]1. The number of hydrogen-bond acceptors (Lipinski definition) is 5. The van der Waals surface area contributed by atoms with Gasteiger partial charge in [-0.1, -0.05) is 17.8 Å². The minimum Gasteiger partial charge on any atom is -0.335 e. The molecular weight excluding hydrogens is 304 g/mol. The van der Waals surface area contributed by atoms with Crippen LogP contribution in [0.2, 0.25) is 0 Å². The smallest absolute Gasteiger partial charge is 0.223 e. The zero-order chi connectivity index (χ0) is 14.7. The summed E-state index contributed by atoms with van der Waals surface area (Å²) in [6, 6.07) is 4.47. The fraction of sp³-hybridized carbons (Fsp3) is 0.500. The van der Waals surface area contributed by atoms with E-state index in [-0.39, 0.29) is 11.9 Å². The Labute approximate surface area is 132 Å². The third-order valence-electron chi connectivity index (χ3n) is 3.57. The van der Waals surface area contributed by atoms with Crippen molar-refractivity contribution in [1.29, 1.82) is 0 Å². The number of likely N-dealkylation sites (tertiary alicyclic amines) is 1. The zero-order valence-electron chi connectivity index (χ0n) is 11.9. The molecule has 1 saturated heterocycles. The summed E-state index contributed by atoms with van der Waals surface area (Å²) in [6.07, 6.45) is 2.72. The highest BCUT2D eigenvalue weighted by Crippen LogP contribution is 2.35. The van der Waals surface area contributed by atoms with E-state index in [0.29, 0.717) is 6.42 Å². The monoisotopic (exact) mass is 322 g/mol. The van der Waals surface area contributed by atoms with Crippen molar-refractivity contribution < 1.29 is 4.79 Å². The predicted molar refractivity (Wildman–Crippen MR) is 84.5 cm³/mol. The second kappa shape index (κ2) is 6.62. The second-order valence-electron chi connectivity index (χ2n) is 5.06. The summed E-state index contributed by atoms with van der Waals surface area (Å²) in [5.74, 6) is 1.77. The van der Waals surface area contributed by atoms with E-state index in [1.165, 1.54) is 16.6 Å². The number of carbonyl (C=O) groups excluding carboxylic acids is 1. The Bertz CT molecular complexity index is 596. The maximum absolute atomic E-state index is 12.4. The number of nitrogens with one attached hydrogen (secondary N) is 1. The molecule has 1 amide bonds. The van der Waals surface area contributed by atoms with Crippen LogP contribution >= 0.6 is 23.1 Å². The molecule has 1 atom stereocenters. The van der Waals surface area contributed by atoms with Gasteiger partial charge >= 0.3 is 0 Å². The van der Waals surface area contributed by atoms with Gasteiger partial charge in [-0.05, 0) is 31.2 Å². The van der Waals surface area contributed by atoms with Crippen molar-refractivity contribution in [1.82, 2.24) is 20.1 Å². The lowest BCUT2D eigenvalue weighted by atomic mass is 10.2. The number of thioether (sulfide) groups is 1. The fourth-order valence-corrected chi connectivity index (χ4v) is 4.25. The summed E-state index contributed by atoms with van der Waals surface area (Å²) in [6.45, 7) is 2.75. The van der Waals surface area contributed by atoms with Crippen molar-refractivity contribution in [2.24, 2.45) is 0 Å². The maximum atomic E-state index is 12.4. The van der Waals surface area contributed by atoms with Crippen molar-refractivity contribution in [3.8, 4) is 0 Å². The molecule has 1 unspecified atom stereocenters. The summed E-state index contributed by atoms with van der Waals surface area (Å²) in [5, 5.41) is 9.68. The Kier molecular flexibility index (Phi) is 4.60. The van der Waals surface area contributed by atoms with Gasteiger partial charge in [0.1, 0.15) is 5.82 Å². The van der Waals surface area contributed by atoms with Gasteiger partial charge in [-0.15, -0.1) is 16.4 Å². The Hall–Kier alpha value is -1.34. The quantitative estimate of drug-likeness (QED) is 0.860. The number of aryl methyl sites for hydroxylation is 1. The Morgan fingerprint density at radius 3 is 3.24 bits per heavy atom. The maximum Gasteiger partial charge on any atom is 0.223 e. The molecule has 5 nitrogen and oxygen atoms in total. The highest BCUT2D eigenvalue weighted by atomic mass is 32.2. The van der Waals surface area contributed by atoms with Gasteiger partial charge in [0.2, 0.25) is 11.1 Å². The average Bonchev–Trinajstić information content (AvgIpc) is 3.19. The van der Waals surface area contributed by atoms with Crippen LogP contribution in [0.15, 0.2) is 22.7 Å². The van der Waals surface area contributed by atoms with Crippen molar-refractivity contribution in [2.75, 3.05) is 12.3 Å². The van der Waals surface area contributed by atoms with E-state index < -0.39 is 0 Å². The first-order valence-corrected chi connectivity index (χ1v) is 8.95. The molecule has 112 valence electrons. The number of amides is 1. The molecule has 1 N–H and O–H groups in total. The van der Waals surface area contributed by atoms with E-state index in [9.17, 15) is 4.79 Å². The summed E-state index contributed by atoms with van der Waals surface area (Å²) >= 11 is 3.27. The first kappa shape index (κ1) is 14.6. The minimum absolute atomic E-state index is 0.241. The van der Waals surface area contributed by atoms with Crippen molar-refractivity contribution in [2.45, 2.75) is 37.4 Å². The first-order chi connectivity index (χ1) is 10.2. The number of nitrogens with zero attached hydrogens (tertiary/aromatic N) is 3. The largest absolute Gasteiger partial charge is 0.335 e. The minimum atomic E-state index is 0.241. The van der Waals surface area contributed by atoms with Crippen molar-refractivity contribution in [3.05, 3.63) is 28.2 Å². The molecule has 21 heavy (non-hydrogen) atoms. The molecule has 0 spiro atoms. The van der Waals surface area contributed by atoms with E-state index in [2.05, 4.69) is 32.7 Å². The topological polar surface area (TPSA) is 61.9 Å². The van der Waals surface area contributed by atoms with Gasteiger partial charge in [0.15, 0.2) is 0 Å². The third kappa shape index (κ3) is 3.47. The van der Waals surface area contributed by atoms with Gasteiger partial charge in [-0.2, -0.15) is 0 Å². The lowest BCUT2D eigenvalue weighted by Gasteiger charge is -2.23. The first-order valence-electron chi connectivity index (χ1n) is 7.09. The van der Waals surface area contributed by atoms with E-state index in [1.54, 1.807) is 11.3 Å². The van der Waals surface area contributed by atoms with Gasteiger partial charge in [-0.25, -0.2) is 4.98 Å². The Morgan fingerprint density at radius 2 is 2.52 bits per heavy atom. The van der Waals surface area contributed by atoms with Crippen LogP contribution < -0.4 is 0 Å². The van der Waals surface area contributed by atoms with Gasteiger partial charge < -0.3 is 4.90 Å². The molecular formula is C14H18N4OS2. The Morgan fingerprint density at radius 1 is 1.62 bits per heavy atom. The molecule has 1 aliphatic heterocycles. The fourth-order valence-electron chi connectivity index (χ4n) is 2.60. The lowest BCUT2D eigenvalue weighted by Crippen LogP contribution is -2.30. The molecule has 0 saturated carbocycles. The predicted octanol–water partition coefficient (Wildman–Crippen LogP) is 3.02. The number of H-pyrrole nitrogens is 1. The van der Waals surface area contributed by atoms with E-state index >= 15 is 0 Å². The molecule has 0 radical (unpaired) electrons. The average molecular weight is 322 g/mol. The number of hydrogen-bond donors (Lipinski definition) is 1. The van der Waals surface area contributed by atoms with Crippen LogP contribution in [0.3, 0.4) is 0 Å². The van der Waals surface area contributed by atoms with Crippen LogP contribution in [0.5, 0.6) is 0 Å². The van der Waals surface area contributed by atoms with Crippen LogP contribution in [0, 0.1) is 6.92 Å². The summed E-state index contributed by atoms with van der Waals surface area (Å²) in [5.41, 5.74) is 0. The highest BCUT2D eigenvalue weighted by molar-refractivity contribution is 7.99. The van der Waals surface area contributed by atoms with Crippen LogP contribution in [0.1, 0.15) is 36.0 Å². The molecule has 0 aromatic carbocycles. The molecule has 1 fully saturated rings. The number of thiophene rings is 1. The molecule has 1 aliphatic rings. The molecule has 3 rings (SSSR count). The summed E-state index contributed by atoms with van der Waals surface area (Å²) < 4.78 is 0. The Balaban J connectivity index is 1.52. The van der Waals surface area contributed by atoms with Gasteiger partial charge in [0, 0.05) is 23.6 Å². The number of aromatic nitrogens is 3. The van der Waals surface area contributed by atoms with E-state index in [0.717, 1.165) is 36.1 Å². The van der Waals surface area contributed by atoms with Crippen LogP contribution in [0.25, 0.3) is 0 Å². The normalized spacial score (nSPS) is 18.3. The molecule has 2 aromatic rings. The molecule has 2 aromatic heterocycles. The summed E-state index contributed by atoms with van der Waals surface area (Å²) in [4.78, 5) is 20.0. The second-order valence-corrected chi connectivity index (χ2v) is 7.10. The molecule has 0 aliphatic carbocycles. The van der Waals surface area contributed by atoms with Gasteiger partial charge in [0.25, 0.3) is 0 Å². The van der Waals surface area contributed by atoms with Crippen LogP contribution in [0.4, 0.5) is 0 Å². The van der Waals surface area contributed by atoms with Gasteiger partial charge in [0.05, 0.1) is 6.04 Å². The van der Waals surface area contributed by atoms with Crippen molar-refractivity contribution in [3.63, 3.8) is 0 Å². The van der Waals surface area contributed by atoms with E-state index in [4.69, 9.17) is 0 Å². The van der Waals surface area contributed by atoms with Crippen LogP contribution in [-0.4, -0.2) is 38.3 Å². The summed E-state index contributed by atoms with van der Waals surface area (Å²) in [7, 11) is 0. The molecule has 3 heterocycles. The molecule has 0 bridgehead atoms. The number of carbonyl (C=O) groups is 1. The lowest BCUT2D eigenvalue weighted by molar-refractivity contribution is -0.131.